The quantitative estimate of drug-likeness (QED) is 0.320. The maximum absolute atomic E-state index is 13.4. The molecule has 0 spiro atoms. The van der Waals surface area contributed by atoms with E-state index < -0.39 is 0 Å². The Morgan fingerprint density at radius 1 is 1.19 bits per heavy atom. The highest BCUT2D eigenvalue weighted by Gasteiger charge is 2.27. The lowest BCUT2D eigenvalue weighted by Gasteiger charge is -2.19. The predicted octanol–water partition coefficient (Wildman–Crippen LogP) is 4.25. The Hall–Kier alpha value is -3.86. The van der Waals surface area contributed by atoms with Gasteiger partial charge in [0.05, 0.1) is 35.8 Å². The highest BCUT2D eigenvalue weighted by molar-refractivity contribution is 7.15. The third-order valence-electron chi connectivity index (χ3n) is 6.61. The fraction of sp³-hybridized carbons (Fsp3) is 0.192. The van der Waals surface area contributed by atoms with Crippen LogP contribution in [0.1, 0.15) is 28.7 Å². The van der Waals surface area contributed by atoms with Crippen LogP contribution in [0.4, 0.5) is 5.69 Å². The number of carbonyl (C=O) groups is 1. The highest BCUT2D eigenvalue weighted by Crippen LogP contribution is 2.37. The second-order valence-corrected chi connectivity index (χ2v) is 10.4. The molecule has 0 bridgehead atoms. The summed E-state index contributed by atoms with van der Waals surface area (Å²) in [5.41, 5.74) is 11.0. The fourth-order valence-corrected chi connectivity index (χ4v) is 6.04. The molecule has 4 aromatic rings. The number of anilines is 1. The van der Waals surface area contributed by atoms with Crippen LogP contribution in [0.2, 0.25) is 5.02 Å². The minimum absolute atomic E-state index is 0.0604. The molecule has 9 nitrogen and oxygen atoms in total. The number of thiophene rings is 1. The first-order valence-corrected chi connectivity index (χ1v) is 12.9. The number of aryl methyl sites for hydroxylation is 1. The van der Waals surface area contributed by atoms with Crippen molar-refractivity contribution in [3.05, 3.63) is 86.2 Å². The van der Waals surface area contributed by atoms with E-state index in [4.69, 9.17) is 16.3 Å². The number of pyridine rings is 1. The first kappa shape index (κ1) is 23.5. The van der Waals surface area contributed by atoms with Gasteiger partial charge in [0.1, 0.15) is 6.34 Å². The van der Waals surface area contributed by atoms with E-state index in [9.17, 15) is 9.59 Å². The van der Waals surface area contributed by atoms with Gasteiger partial charge in [-0.15, -0.1) is 16.9 Å². The molecule has 3 N–H and O–H groups in total. The number of nitrogens with one attached hydrogen (secondary N) is 3. The topological polar surface area (TPSA) is 104 Å². The smallest absolute Gasteiger partial charge is 0.310 e. The van der Waals surface area contributed by atoms with Crippen LogP contribution in [-0.4, -0.2) is 29.0 Å². The van der Waals surface area contributed by atoms with Gasteiger partial charge < -0.3 is 14.3 Å². The van der Waals surface area contributed by atoms with Crippen molar-refractivity contribution in [1.82, 2.24) is 20.6 Å². The number of hydrazine groups is 2. The number of aromatic amines is 1. The van der Waals surface area contributed by atoms with Crippen LogP contribution in [-0.2, 0) is 22.4 Å². The Bertz CT molecular complexity index is 1590. The molecule has 2 aliphatic rings. The zero-order valence-corrected chi connectivity index (χ0v) is 21.4. The summed E-state index contributed by atoms with van der Waals surface area (Å²) in [7, 11) is 1.39. The number of nitrogens with zero attached hydrogens (tertiary/aromatic N) is 3. The summed E-state index contributed by atoms with van der Waals surface area (Å²) >= 11 is 7.87. The Balaban J connectivity index is 1.30. The number of esters is 1. The summed E-state index contributed by atoms with van der Waals surface area (Å²) < 4.78 is 6.64. The van der Waals surface area contributed by atoms with E-state index in [0.29, 0.717) is 5.02 Å². The molecule has 0 aliphatic carbocycles. The lowest BCUT2D eigenvalue weighted by molar-refractivity contribution is -0.139. The molecule has 6 rings (SSSR count). The minimum atomic E-state index is -0.256. The Morgan fingerprint density at radius 2 is 2.08 bits per heavy atom. The number of hydrogen-bond donors (Lipinski definition) is 3. The number of halogens is 1. The van der Waals surface area contributed by atoms with Crippen LogP contribution in [0.5, 0.6) is 0 Å². The Morgan fingerprint density at radius 3 is 2.89 bits per heavy atom. The lowest BCUT2D eigenvalue weighted by Crippen LogP contribution is -2.37. The number of H-pyrrole nitrogens is 1. The zero-order valence-electron chi connectivity index (χ0n) is 19.8. The SMILES string of the molecule is COC(=O)Cc1ccc(-c2ccc(C3CCc4cc(-c5cc(Cl)ccc5N5C=NNN5)cc(=O)n43)[nH]2)s1. The van der Waals surface area contributed by atoms with Crippen molar-refractivity contribution in [3.8, 4) is 21.7 Å². The van der Waals surface area contributed by atoms with Crippen LogP contribution in [0.25, 0.3) is 21.7 Å². The minimum Gasteiger partial charge on any atom is -0.469 e. The van der Waals surface area contributed by atoms with Gasteiger partial charge in [0.15, 0.2) is 0 Å². The van der Waals surface area contributed by atoms with Gasteiger partial charge in [-0.2, -0.15) is 5.10 Å². The Kier molecular flexibility index (Phi) is 6.07. The van der Waals surface area contributed by atoms with Crippen molar-refractivity contribution in [1.29, 1.82) is 0 Å². The molecule has 1 unspecified atom stereocenters. The molecule has 2 aliphatic heterocycles. The van der Waals surface area contributed by atoms with Crippen molar-refractivity contribution in [2.75, 3.05) is 12.1 Å². The summed E-state index contributed by atoms with van der Waals surface area (Å²) in [4.78, 5) is 30.5. The summed E-state index contributed by atoms with van der Waals surface area (Å²) in [5, 5.41) is 6.30. The largest absolute Gasteiger partial charge is 0.469 e. The molecule has 188 valence electrons. The molecular formula is C26H23ClN6O3S. The van der Waals surface area contributed by atoms with Gasteiger partial charge in [-0.05, 0) is 66.9 Å². The van der Waals surface area contributed by atoms with E-state index in [1.54, 1.807) is 34.8 Å². The average Bonchev–Trinajstić information content (AvgIpc) is 3.70. The molecule has 5 heterocycles. The number of fused-ring (bicyclic) bond motifs is 1. The number of methoxy groups -OCH3 is 1. The van der Waals surface area contributed by atoms with E-state index in [0.717, 1.165) is 56.5 Å². The molecule has 0 saturated heterocycles. The van der Waals surface area contributed by atoms with Gasteiger partial charge >= 0.3 is 5.97 Å². The Labute approximate surface area is 221 Å². The number of aromatic nitrogens is 2. The number of ether oxygens (including phenoxy) is 1. The number of hydrogen-bond acceptors (Lipinski definition) is 8. The van der Waals surface area contributed by atoms with E-state index in [-0.39, 0.29) is 24.0 Å². The van der Waals surface area contributed by atoms with Crippen molar-refractivity contribution in [2.45, 2.75) is 25.3 Å². The molecule has 0 amide bonds. The first-order valence-electron chi connectivity index (χ1n) is 11.7. The second kappa shape index (κ2) is 9.55. The monoisotopic (exact) mass is 534 g/mol. The zero-order chi connectivity index (χ0) is 25.5. The standard InChI is InChI=1S/C26H23ClN6O3S/c1-36-26(35)13-18-4-9-24(37-18)21-6-5-20(29-21)23-8-3-17-10-15(11-25(34)33(17)23)19-12-16(27)2-7-22(19)32-14-28-30-31-32/h2,4-7,9-12,14,23,29-31H,3,8,13H2,1H3. The summed E-state index contributed by atoms with van der Waals surface area (Å²) in [6, 6.07) is 17.2. The molecule has 37 heavy (non-hydrogen) atoms. The lowest BCUT2D eigenvalue weighted by atomic mass is 10.0. The van der Waals surface area contributed by atoms with Crippen molar-refractivity contribution >= 4 is 40.9 Å². The van der Waals surface area contributed by atoms with E-state index in [1.165, 1.54) is 7.11 Å². The molecule has 11 heteroatoms. The molecule has 0 saturated carbocycles. The fourth-order valence-electron chi connectivity index (χ4n) is 4.90. The highest BCUT2D eigenvalue weighted by atomic mass is 35.5. The summed E-state index contributed by atoms with van der Waals surface area (Å²) in [6.45, 7) is 0. The van der Waals surface area contributed by atoms with Crippen molar-refractivity contribution in [3.63, 3.8) is 0 Å². The molecule has 0 fully saturated rings. The number of benzene rings is 1. The van der Waals surface area contributed by atoms with Crippen LogP contribution >= 0.6 is 22.9 Å². The number of rotatable bonds is 6. The summed E-state index contributed by atoms with van der Waals surface area (Å²) in [6.07, 6.45) is 3.49. The van der Waals surface area contributed by atoms with Gasteiger partial charge in [-0.1, -0.05) is 11.6 Å². The van der Waals surface area contributed by atoms with E-state index >= 15 is 0 Å². The van der Waals surface area contributed by atoms with Crippen LogP contribution in [0.3, 0.4) is 0 Å². The number of carbonyl (C=O) groups excluding carboxylic acids is 1. The van der Waals surface area contributed by atoms with Crippen molar-refractivity contribution < 1.29 is 9.53 Å². The van der Waals surface area contributed by atoms with Crippen LogP contribution in [0, 0.1) is 0 Å². The normalized spacial score (nSPS) is 16.2. The molecule has 3 aromatic heterocycles. The van der Waals surface area contributed by atoms with Gasteiger partial charge in [-0.3, -0.25) is 9.59 Å². The molecule has 1 atom stereocenters. The average molecular weight is 535 g/mol. The van der Waals surface area contributed by atoms with Gasteiger partial charge in [0.2, 0.25) is 0 Å². The molecular weight excluding hydrogens is 512 g/mol. The second-order valence-electron chi connectivity index (χ2n) is 8.84. The van der Waals surface area contributed by atoms with Gasteiger partial charge in [0, 0.05) is 32.9 Å². The van der Waals surface area contributed by atoms with Crippen LogP contribution < -0.4 is 21.6 Å². The maximum Gasteiger partial charge on any atom is 0.310 e. The number of hydrazone groups is 1. The molecule has 0 radical (unpaired) electrons. The predicted molar refractivity (Wildman–Crippen MR) is 145 cm³/mol. The van der Waals surface area contributed by atoms with E-state index in [1.807, 2.05) is 41.0 Å². The third kappa shape index (κ3) is 4.43. The molecule has 1 aromatic carbocycles. The first-order chi connectivity index (χ1) is 18.0. The van der Waals surface area contributed by atoms with Gasteiger partial charge in [-0.25, -0.2) is 10.5 Å². The van der Waals surface area contributed by atoms with E-state index in [2.05, 4.69) is 27.2 Å². The van der Waals surface area contributed by atoms with Crippen molar-refractivity contribution in [2.24, 2.45) is 5.10 Å². The third-order valence-corrected chi connectivity index (χ3v) is 7.97. The summed E-state index contributed by atoms with van der Waals surface area (Å²) in [5.74, 6) is -0.256. The van der Waals surface area contributed by atoms with Crippen LogP contribution in [0.15, 0.2) is 64.5 Å². The van der Waals surface area contributed by atoms with Gasteiger partial charge in [0.25, 0.3) is 5.56 Å². The maximum atomic E-state index is 13.4.